The Kier molecular flexibility index (Phi) is 5.79. The molecule has 3 rings (SSSR count). The summed E-state index contributed by atoms with van der Waals surface area (Å²) in [5.41, 5.74) is 10.4. The van der Waals surface area contributed by atoms with E-state index >= 15 is 0 Å². The lowest BCUT2D eigenvalue weighted by Crippen LogP contribution is -2.23. The van der Waals surface area contributed by atoms with E-state index in [9.17, 15) is 4.79 Å². The van der Waals surface area contributed by atoms with Crippen molar-refractivity contribution in [3.8, 4) is 11.3 Å². The third kappa shape index (κ3) is 4.10. The second-order valence-electron chi connectivity index (χ2n) is 6.10. The van der Waals surface area contributed by atoms with E-state index in [1.807, 2.05) is 5.38 Å². The number of aromatic nitrogens is 1. The van der Waals surface area contributed by atoms with Crippen LogP contribution in [0.2, 0.25) is 0 Å². The maximum Gasteiger partial charge on any atom is 0.229 e. The molecular weight excluding hydrogens is 330 g/mol. The Bertz CT molecular complexity index is 701. The Morgan fingerprint density at radius 2 is 2.09 bits per heavy atom. The number of halogens is 1. The zero-order valence-electron chi connectivity index (χ0n) is 13.3. The first kappa shape index (κ1) is 17.9. The number of amides is 1. The van der Waals surface area contributed by atoms with E-state index < -0.39 is 0 Å². The lowest BCUT2D eigenvalue weighted by molar-refractivity contribution is -0.119. The van der Waals surface area contributed by atoms with Crippen molar-refractivity contribution in [3.05, 3.63) is 34.7 Å². The molecule has 124 valence electrons. The predicted octanol–water partition coefficient (Wildman–Crippen LogP) is 3.91. The summed E-state index contributed by atoms with van der Waals surface area (Å²) in [6.07, 6.45) is 2.59. The molecule has 6 heteroatoms. The largest absolute Gasteiger partial charge is 0.328 e. The van der Waals surface area contributed by atoms with E-state index in [1.54, 1.807) is 0 Å². The fraction of sp³-hybridized carbons (Fsp3) is 0.412. The summed E-state index contributed by atoms with van der Waals surface area (Å²) in [4.78, 5) is 16.7. The molecule has 1 fully saturated rings. The van der Waals surface area contributed by atoms with Crippen molar-refractivity contribution >= 4 is 34.8 Å². The lowest BCUT2D eigenvalue weighted by atomic mass is 10.1. The molecule has 1 aliphatic carbocycles. The average Bonchev–Trinajstić information content (AvgIpc) is 3.11. The van der Waals surface area contributed by atoms with Crippen LogP contribution in [0.15, 0.2) is 23.6 Å². The van der Waals surface area contributed by atoms with Crippen molar-refractivity contribution in [2.75, 3.05) is 5.32 Å². The van der Waals surface area contributed by atoms with Crippen LogP contribution in [-0.2, 0) is 4.79 Å². The van der Waals surface area contributed by atoms with Crippen LogP contribution in [0.5, 0.6) is 0 Å². The first-order chi connectivity index (χ1) is 10.5. The Labute approximate surface area is 146 Å². The molecule has 1 saturated carbocycles. The Balaban J connectivity index is 0.00000192. The zero-order chi connectivity index (χ0) is 15.7. The summed E-state index contributed by atoms with van der Waals surface area (Å²) in [6, 6.07) is 6.46. The van der Waals surface area contributed by atoms with Gasteiger partial charge in [0.2, 0.25) is 5.91 Å². The van der Waals surface area contributed by atoms with Crippen LogP contribution in [0.1, 0.15) is 30.4 Å². The van der Waals surface area contributed by atoms with Gasteiger partial charge in [0.05, 0.1) is 5.69 Å². The molecule has 0 bridgehead atoms. The first-order valence-electron chi connectivity index (χ1n) is 7.62. The monoisotopic (exact) mass is 351 g/mol. The first-order valence-corrected chi connectivity index (χ1v) is 8.50. The van der Waals surface area contributed by atoms with Gasteiger partial charge >= 0.3 is 0 Å². The van der Waals surface area contributed by atoms with Crippen LogP contribution < -0.4 is 11.1 Å². The van der Waals surface area contributed by atoms with Crippen LogP contribution in [0.3, 0.4) is 0 Å². The minimum Gasteiger partial charge on any atom is -0.328 e. The average molecular weight is 352 g/mol. The van der Waals surface area contributed by atoms with E-state index in [4.69, 9.17) is 5.73 Å². The maximum absolute atomic E-state index is 12.2. The molecule has 0 saturated heterocycles. The third-order valence-corrected chi connectivity index (χ3v) is 5.14. The molecule has 2 atom stereocenters. The smallest absolute Gasteiger partial charge is 0.229 e. The summed E-state index contributed by atoms with van der Waals surface area (Å²) in [7, 11) is 0. The minimum absolute atomic E-state index is 0. The standard InChI is InChI=1S/C17H21N3OS.ClH/c1-10-3-4-12(7-11(10)2)15-9-22-17(19-15)20-16(21)13-5-6-14(18)8-13;/h3-4,7,9,13-14H,5-6,8,18H2,1-2H3,(H,19,20,21);1H. The highest BCUT2D eigenvalue weighted by atomic mass is 35.5. The fourth-order valence-corrected chi connectivity index (χ4v) is 3.55. The van der Waals surface area contributed by atoms with Crippen molar-refractivity contribution in [2.45, 2.75) is 39.2 Å². The van der Waals surface area contributed by atoms with Gasteiger partial charge in [0.15, 0.2) is 5.13 Å². The van der Waals surface area contributed by atoms with Gasteiger partial charge in [0, 0.05) is 22.9 Å². The van der Waals surface area contributed by atoms with Gasteiger partial charge < -0.3 is 11.1 Å². The second kappa shape index (κ2) is 7.43. The summed E-state index contributed by atoms with van der Waals surface area (Å²) in [5, 5.41) is 5.59. The van der Waals surface area contributed by atoms with Crippen LogP contribution in [-0.4, -0.2) is 16.9 Å². The Hall–Kier alpha value is -1.43. The number of aryl methyl sites for hydroxylation is 2. The highest BCUT2D eigenvalue weighted by molar-refractivity contribution is 7.14. The van der Waals surface area contributed by atoms with Crippen LogP contribution in [0.25, 0.3) is 11.3 Å². The van der Waals surface area contributed by atoms with Crippen molar-refractivity contribution in [1.29, 1.82) is 0 Å². The van der Waals surface area contributed by atoms with Gasteiger partial charge in [-0.25, -0.2) is 4.98 Å². The van der Waals surface area contributed by atoms with Crippen molar-refractivity contribution in [2.24, 2.45) is 11.7 Å². The quantitative estimate of drug-likeness (QED) is 0.880. The van der Waals surface area contributed by atoms with E-state index in [1.165, 1.54) is 22.5 Å². The maximum atomic E-state index is 12.2. The summed E-state index contributed by atoms with van der Waals surface area (Å²) < 4.78 is 0. The molecule has 0 radical (unpaired) electrons. The molecule has 1 aromatic carbocycles. The van der Waals surface area contributed by atoms with Gasteiger partial charge in [-0.05, 0) is 50.3 Å². The number of hydrogen-bond acceptors (Lipinski definition) is 4. The highest BCUT2D eigenvalue weighted by Crippen LogP contribution is 2.29. The molecule has 4 nitrogen and oxygen atoms in total. The van der Waals surface area contributed by atoms with E-state index in [0.29, 0.717) is 5.13 Å². The summed E-state index contributed by atoms with van der Waals surface area (Å²) in [6.45, 7) is 4.19. The van der Waals surface area contributed by atoms with Crippen molar-refractivity contribution in [1.82, 2.24) is 4.98 Å². The number of carbonyl (C=O) groups excluding carboxylic acids is 1. The Morgan fingerprint density at radius 1 is 1.30 bits per heavy atom. The second-order valence-corrected chi connectivity index (χ2v) is 6.95. The van der Waals surface area contributed by atoms with Crippen molar-refractivity contribution in [3.63, 3.8) is 0 Å². The number of thiazole rings is 1. The molecular formula is C17H22ClN3OS. The van der Waals surface area contributed by atoms with E-state index in [0.717, 1.165) is 30.5 Å². The van der Waals surface area contributed by atoms with Crippen LogP contribution in [0.4, 0.5) is 5.13 Å². The number of nitrogens with zero attached hydrogens (tertiary/aromatic N) is 1. The molecule has 2 aromatic rings. The minimum atomic E-state index is 0. The highest BCUT2D eigenvalue weighted by Gasteiger charge is 2.28. The SMILES string of the molecule is Cc1ccc(-c2csc(NC(=O)C3CCC(N)C3)n2)cc1C.Cl. The molecule has 1 amide bonds. The number of anilines is 1. The summed E-state index contributed by atoms with van der Waals surface area (Å²) in [5.74, 6) is 0.0814. The molecule has 0 aliphatic heterocycles. The molecule has 0 spiro atoms. The van der Waals surface area contributed by atoms with Gasteiger partial charge in [-0.15, -0.1) is 23.7 Å². The number of rotatable bonds is 3. The number of hydrogen-bond donors (Lipinski definition) is 2. The molecule has 1 aromatic heterocycles. The Morgan fingerprint density at radius 3 is 2.74 bits per heavy atom. The number of nitrogens with two attached hydrogens (primary N) is 1. The normalized spacial score (nSPS) is 20.1. The molecule has 3 N–H and O–H groups in total. The van der Waals surface area contributed by atoms with Crippen LogP contribution >= 0.6 is 23.7 Å². The number of benzene rings is 1. The predicted molar refractivity (Wildman–Crippen MR) is 98.2 cm³/mol. The van der Waals surface area contributed by atoms with Gasteiger partial charge in [0.1, 0.15) is 0 Å². The number of nitrogens with one attached hydrogen (secondary N) is 1. The lowest BCUT2D eigenvalue weighted by Gasteiger charge is -2.08. The molecule has 1 aliphatic rings. The van der Waals surface area contributed by atoms with Gasteiger partial charge in [-0.3, -0.25) is 4.79 Å². The van der Waals surface area contributed by atoms with E-state index in [2.05, 4.69) is 42.3 Å². The van der Waals surface area contributed by atoms with E-state index in [-0.39, 0.29) is 30.3 Å². The fourth-order valence-electron chi connectivity index (χ4n) is 2.83. The topological polar surface area (TPSA) is 68.0 Å². The van der Waals surface area contributed by atoms with Gasteiger partial charge in [0.25, 0.3) is 0 Å². The third-order valence-electron chi connectivity index (χ3n) is 4.38. The molecule has 2 unspecified atom stereocenters. The molecule has 23 heavy (non-hydrogen) atoms. The van der Waals surface area contributed by atoms with Gasteiger partial charge in [-0.2, -0.15) is 0 Å². The van der Waals surface area contributed by atoms with Crippen molar-refractivity contribution < 1.29 is 4.79 Å². The number of carbonyl (C=O) groups is 1. The zero-order valence-corrected chi connectivity index (χ0v) is 15.0. The van der Waals surface area contributed by atoms with Gasteiger partial charge in [-0.1, -0.05) is 12.1 Å². The molecule has 1 heterocycles. The summed E-state index contributed by atoms with van der Waals surface area (Å²) >= 11 is 1.47. The van der Waals surface area contributed by atoms with Crippen LogP contribution in [0, 0.1) is 19.8 Å².